The number of benzene rings is 2. The molecule has 0 radical (unpaired) electrons. The molecular formula is C19H17N3OS. The maximum atomic E-state index is 13.1. The van der Waals surface area contributed by atoms with Crippen molar-refractivity contribution in [2.45, 2.75) is 31.2 Å². The molecule has 0 aliphatic heterocycles. The van der Waals surface area contributed by atoms with Gasteiger partial charge in [-0.25, -0.2) is 4.98 Å². The first-order valence-corrected chi connectivity index (χ1v) is 8.55. The predicted molar refractivity (Wildman–Crippen MR) is 97.7 cm³/mol. The van der Waals surface area contributed by atoms with Crippen LogP contribution in [-0.2, 0) is 0 Å². The summed E-state index contributed by atoms with van der Waals surface area (Å²) in [5.74, 6) is 0. The van der Waals surface area contributed by atoms with Crippen LogP contribution in [0.4, 0.5) is 0 Å². The molecule has 2 aromatic carbocycles. The fourth-order valence-corrected chi connectivity index (χ4v) is 3.36. The van der Waals surface area contributed by atoms with Gasteiger partial charge in [0, 0.05) is 0 Å². The molecule has 0 saturated heterocycles. The van der Waals surface area contributed by atoms with Crippen molar-refractivity contribution in [1.29, 1.82) is 5.26 Å². The van der Waals surface area contributed by atoms with Gasteiger partial charge in [-0.2, -0.15) is 5.26 Å². The Morgan fingerprint density at radius 3 is 2.71 bits per heavy atom. The van der Waals surface area contributed by atoms with Gasteiger partial charge in [-0.15, -0.1) is 0 Å². The van der Waals surface area contributed by atoms with Crippen LogP contribution < -0.4 is 5.56 Å². The van der Waals surface area contributed by atoms with E-state index in [1.54, 1.807) is 17.6 Å². The molecule has 5 heteroatoms. The van der Waals surface area contributed by atoms with Crippen molar-refractivity contribution in [3.05, 3.63) is 63.9 Å². The fourth-order valence-electron chi connectivity index (χ4n) is 2.55. The molecule has 0 bridgehead atoms. The average Bonchev–Trinajstić information content (AvgIpc) is 2.58. The van der Waals surface area contributed by atoms with E-state index in [-0.39, 0.29) is 10.8 Å². The lowest BCUT2D eigenvalue weighted by atomic mass is 10.1. The molecular weight excluding hydrogens is 318 g/mol. The number of nitrogens with zero attached hydrogens (tertiary/aromatic N) is 3. The third kappa shape index (κ3) is 2.93. The maximum Gasteiger partial charge on any atom is 0.266 e. The van der Waals surface area contributed by atoms with E-state index in [0.29, 0.717) is 16.1 Å². The van der Waals surface area contributed by atoms with Gasteiger partial charge in [0.1, 0.15) is 0 Å². The van der Waals surface area contributed by atoms with Crippen LogP contribution in [-0.4, -0.2) is 14.8 Å². The quantitative estimate of drug-likeness (QED) is 0.536. The van der Waals surface area contributed by atoms with Crippen LogP contribution in [0.15, 0.2) is 52.4 Å². The molecule has 4 nitrogen and oxygen atoms in total. The Bertz CT molecular complexity index is 1020. The Morgan fingerprint density at radius 2 is 1.96 bits per heavy atom. The topological polar surface area (TPSA) is 58.7 Å². The van der Waals surface area contributed by atoms with E-state index < -0.39 is 0 Å². The Balaban J connectivity index is 2.37. The number of rotatable bonds is 3. The lowest BCUT2D eigenvalue weighted by Gasteiger charge is -2.16. The summed E-state index contributed by atoms with van der Waals surface area (Å²) >= 11 is 1.30. The van der Waals surface area contributed by atoms with Gasteiger partial charge in [0.15, 0.2) is 5.16 Å². The molecule has 1 heterocycles. The number of hydrogen-bond acceptors (Lipinski definition) is 4. The summed E-state index contributed by atoms with van der Waals surface area (Å²) in [6, 6.07) is 15.5. The second-order valence-corrected chi connectivity index (χ2v) is 7.04. The maximum absolute atomic E-state index is 13.1. The number of fused-ring (bicyclic) bond motifs is 1. The molecule has 3 rings (SSSR count). The molecule has 0 aliphatic rings. The highest BCUT2D eigenvalue weighted by atomic mass is 32.2. The number of para-hydroxylation sites is 1. The third-order valence-corrected chi connectivity index (χ3v) is 4.76. The first-order chi connectivity index (χ1) is 11.5. The summed E-state index contributed by atoms with van der Waals surface area (Å²) in [5, 5.41) is 9.98. The molecule has 0 unspecified atom stereocenters. The highest BCUT2D eigenvalue weighted by Crippen LogP contribution is 2.26. The molecule has 3 aromatic rings. The highest BCUT2D eigenvalue weighted by molar-refractivity contribution is 8.00. The van der Waals surface area contributed by atoms with Crippen LogP contribution in [0.1, 0.15) is 18.1 Å². The van der Waals surface area contributed by atoms with Crippen LogP contribution in [0.2, 0.25) is 0 Å². The van der Waals surface area contributed by atoms with E-state index in [1.165, 1.54) is 11.8 Å². The van der Waals surface area contributed by atoms with Gasteiger partial charge in [-0.1, -0.05) is 36.0 Å². The zero-order valence-electron chi connectivity index (χ0n) is 13.8. The van der Waals surface area contributed by atoms with E-state index in [1.807, 2.05) is 50.2 Å². The van der Waals surface area contributed by atoms with Gasteiger partial charge in [-0.05, 0) is 50.1 Å². The predicted octanol–water partition coefficient (Wildman–Crippen LogP) is 4.01. The molecule has 0 saturated carbocycles. The van der Waals surface area contributed by atoms with Crippen LogP contribution in [0.25, 0.3) is 16.6 Å². The number of aromatic nitrogens is 2. The third-order valence-electron chi connectivity index (χ3n) is 3.81. The van der Waals surface area contributed by atoms with E-state index >= 15 is 0 Å². The number of hydrogen-bond donors (Lipinski definition) is 0. The Labute approximate surface area is 144 Å². The van der Waals surface area contributed by atoms with Crippen LogP contribution >= 0.6 is 11.8 Å². The first-order valence-electron chi connectivity index (χ1n) is 7.67. The van der Waals surface area contributed by atoms with Crippen molar-refractivity contribution < 1.29 is 0 Å². The lowest BCUT2D eigenvalue weighted by Crippen LogP contribution is -2.23. The van der Waals surface area contributed by atoms with E-state index in [0.717, 1.165) is 16.8 Å². The van der Waals surface area contributed by atoms with E-state index in [9.17, 15) is 4.79 Å². The summed E-state index contributed by atoms with van der Waals surface area (Å²) < 4.78 is 1.63. The van der Waals surface area contributed by atoms with Gasteiger partial charge >= 0.3 is 0 Å². The first kappa shape index (κ1) is 16.3. The largest absolute Gasteiger partial charge is 0.268 e. The number of nitriles is 1. The summed E-state index contributed by atoms with van der Waals surface area (Å²) in [4.78, 5) is 17.8. The monoisotopic (exact) mass is 335 g/mol. The van der Waals surface area contributed by atoms with Crippen molar-refractivity contribution in [2.24, 2.45) is 0 Å². The smallest absolute Gasteiger partial charge is 0.266 e. The van der Waals surface area contributed by atoms with Gasteiger partial charge in [0.25, 0.3) is 5.56 Å². The summed E-state index contributed by atoms with van der Waals surface area (Å²) in [7, 11) is 0. The molecule has 120 valence electrons. The molecule has 0 aliphatic carbocycles. The Morgan fingerprint density at radius 1 is 1.21 bits per heavy atom. The standard InChI is InChI=1S/C19H17N3OS/c1-12-8-9-13(2)17(10-12)22-18(23)15-6-4-5-7-16(15)21-19(22)24-14(3)11-20/h4-10,14H,1-3H3/t14-/m1/s1. The van der Waals surface area contributed by atoms with Gasteiger partial charge in [0.2, 0.25) is 0 Å². The number of aryl methyl sites for hydroxylation is 2. The highest BCUT2D eigenvalue weighted by Gasteiger charge is 2.17. The second kappa shape index (κ2) is 6.50. The van der Waals surface area contributed by atoms with Gasteiger partial charge < -0.3 is 0 Å². The van der Waals surface area contributed by atoms with Gasteiger partial charge in [0.05, 0.1) is 27.9 Å². The lowest BCUT2D eigenvalue weighted by molar-refractivity contribution is 0.812. The molecule has 24 heavy (non-hydrogen) atoms. The van der Waals surface area contributed by atoms with E-state index in [4.69, 9.17) is 5.26 Å². The molecule has 0 N–H and O–H groups in total. The minimum Gasteiger partial charge on any atom is -0.268 e. The Hall–Kier alpha value is -2.58. The molecule has 0 amide bonds. The van der Waals surface area contributed by atoms with Crippen LogP contribution in [0, 0.1) is 25.2 Å². The second-order valence-electron chi connectivity index (χ2n) is 5.73. The Kier molecular flexibility index (Phi) is 4.41. The zero-order valence-corrected chi connectivity index (χ0v) is 14.6. The zero-order chi connectivity index (χ0) is 17.3. The normalized spacial score (nSPS) is 12.1. The van der Waals surface area contributed by atoms with E-state index in [2.05, 4.69) is 11.1 Å². The van der Waals surface area contributed by atoms with Crippen molar-refractivity contribution >= 4 is 22.7 Å². The van der Waals surface area contributed by atoms with Crippen molar-refractivity contribution in [3.63, 3.8) is 0 Å². The molecule has 1 aromatic heterocycles. The van der Waals surface area contributed by atoms with Crippen LogP contribution in [0.3, 0.4) is 0 Å². The average molecular weight is 335 g/mol. The van der Waals surface area contributed by atoms with Crippen molar-refractivity contribution in [2.75, 3.05) is 0 Å². The SMILES string of the molecule is Cc1ccc(C)c(-n2c(S[C@H](C)C#N)nc3ccccc3c2=O)c1. The fraction of sp³-hybridized carbons (Fsp3) is 0.211. The molecule has 0 spiro atoms. The number of thioether (sulfide) groups is 1. The molecule has 0 fully saturated rings. The molecule has 1 atom stereocenters. The van der Waals surface area contributed by atoms with Crippen molar-refractivity contribution in [3.8, 4) is 11.8 Å². The van der Waals surface area contributed by atoms with Crippen molar-refractivity contribution in [1.82, 2.24) is 9.55 Å². The summed E-state index contributed by atoms with van der Waals surface area (Å²) in [6.07, 6.45) is 0. The minimum atomic E-state index is -0.297. The summed E-state index contributed by atoms with van der Waals surface area (Å²) in [6.45, 7) is 5.77. The van der Waals surface area contributed by atoms with Crippen LogP contribution in [0.5, 0.6) is 0 Å². The summed E-state index contributed by atoms with van der Waals surface area (Å²) in [5.41, 5.74) is 3.41. The minimum absolute atomic E-state index is 0.109. The van der Waals surface area contributed by atoms with Gasteiger partial charge in [-0.3, -0.25) is 9.36 Å².